The van der Waals surface area contributed by atoms with E-state index in [2.05, 4.69) is 38.0 Å². The van der Waals surface area contributed by atoms with Crippen LogP contribution in [0.1, 0.15) is 29.7 Å². The number of aryl methyl sites for hydroxylation is 1. The van der Waals surface area contributed by atoms with E-state index < -0.39 is 0 Å². The topological polar surface area (TPSA) is 51.8 Å². The molecule has 0 spiro atoms. The van der Waals surface area contributed by atoms with E-state index in [4.69, 9.17) is 5.73 Å². The maximum absolute atomic E-state index is 5.83. The first-order valence-corrected chi connectivity index (χ1v) is 7.15. The molecule has 1 unspecified atom stereocenters. The Labute approximate surface area is 122 Å². The first kappa shape index (κ1) is 14.2. The van der Waals surface area contributed by atoms with Crippen molar-refractivity contribution in [3.05, 3.63) is 57.6 Å². The molecular weight excluding hydrogens is 302 g/mol. The van der Waals surface area contributed by atoms with Gasteiger partial charge in [0.25, 0.3) is 0 Å². The fourth-order valence-corrected chi connectivity index (χ4v) is 2.26. The lowest BCUT2D eigenvalue weighted by atomic mass is 10.1. The average Bonchev–Trinajstić information content (AvgIpc) is 2.30. The standard InChI is InChI=1S/C15H18BrN3/c1-10(17)7-14-8-11(2)18-15(19-14)9-12-3-5-13(16)6-4-12/h3-6,8,10H,7,9,17H2,1-2H3. The zero-order valence-electron chi connectivity index (χ0n) is 11.2. The molecule has 100 valence electrons. The monoisotopic (exact) mass is 319 g/mol. The maximum Gasteiger partial charge on any atom is 0.133 e. The summed E-state index contributed by atoms with van der Waals surface area (Å²) < 4.78 is 1.08. The molecule has 1 aromatic carbocycles. The molecule has 0 aliphatic carbocycles. The molecule has 2 rings (SSSR count). The molecule has 2 aromatic rings. The number of aromatic nitrogens is 2. The lowest BCUT2D eigenvalue weighted by Crippen LogP contribution is -2.19. The van der Waals surface area contributed by atoms with Gasteiger partial charge in [0.2, 0.25) is 0 Å². The Hall–Kier alpha value is -1.26. The number of halogens is 1. The highest BCUT2D eigenvalue weighted by Gasteiger charge is 2.05. The summed E-state index contributed by atoms with van der Waals surface area (Å²) in [5, 5.41) is 0. The van der Waals surface area contributed by atoms with E-state index >= 15 is 0 Å². The molecule has 1 atom stereocenters. The van der Waals surface area contributed by atoms with Gasteiger partial charge in [-0.2, -0.15) is 0 Å². The smallest absolute Gasteiger partial charge is 0.133 e. The van der Waals surface area contributed by atoms with Crippen molar-refractivity contribution < 1.29 is 0 Å². The van der Waals surface area contributed by atoms with Crippen LogP contribution in [0.4, 0.5) is 0 Å². The molecule has 0 bridgehead atoms. The molecule has 0 saturated carbocycles. The van der Waals surface area contributed by atoms with Gasteiger partial charge in [0.1, 0.15) is 5.82 Å². The first-order chi connectivity index (χ1) is 9.02. The van der Waals surface area contributed by atoms with Gasteiger partial charge >= 0.3 is 0 Å². The molecule has 0 saturated heterocycles. The van der Waals surface area contributed by atoms with Gasteiger partial charge in [-0.25, -0.2) is 9.97 Å². The number of hydrogen-bond donors (Lipinski definition) is 1. The third kappa shape index (κ3) is 4.40. The van der Waals surface area contributed by atoms with Crippen molar-refractivity contribution >= 4 is 15.9 Å². The fraction of sp³-hybridized carbons (Fsp3) is 0.333. The van der Waals surface area contributed by atoms with Gasteiger partial charge in [0, 0.05) is 34.7 Å². The van der Waals surface area contributed by atoms with Crippen LogP contribution in [-0.4, -0.2) is 16.0 Å². The normalized spacial score (nSPS) is 12.4. The highest BCUT2D eigenvalue weighted by Crippen LogP contribution is 2.13. The van der Waals surface area contributed by atoms with Crippen LogP contribution < -0.4 is 5.73 Å². The lowest BCUT2D eigenvalue weighted by Gasteiger charge is -2.08. The summed E-state index contributed by atoms with van der Waals surface area (Å²) in [6.45, 7) is 3.99. The summed E-state index contributed by atoms with van der Waals surface area (Å²) in [6, 6.07) is 10.4. The van der Waals surface area contributed by atoms with E-state index in [-0.39, 0.29) is 6.04 Å². The number of nitrogens with two attached hydrogens (primary N) is 1. The van der Waals surface area contributed by atoms with Gasteiger partial charge in [-0.05, 0) is 37.6 Å². The van der Waals surface area contributed by atoms with E-state index in [1.807, 2.05) is 32.0 Å². The van der Waals surface area contributed by atoms with E-state index in [1.54, 1.807) is 0 Å². The van der Waals surface area contributed by atoms with Crippen LogP contribution in [0.2, 0.25) is 0 Å². The predicted octanol–water partition coefficient (Wildman–Crippen LogP) is 3.03. The van der Waals surface area contributed by atoms with Crippen LogP contribution in [-0.2, 0) is 12.8 Å². The fourth-order valence-electron chi connectivity index (χ4n) is 2.00. The molecule has 2 N–H and O–H groups in total. The minimum atomic E-state index is 0.120. The second-order valence-corrected chi connectivity index (χ2v) is 5.82. The van der Waals surface area contributed by atoms with Gasteiger partial charge in [-0.3, -0.25) is 0 Å². The molecule has 0 aliphatic rings. The highest BCUT2D eigenvalue weighted by molar-refractivity contribution is 9.10. The SMILES string of the molecule is Cc1cc(CC(C)N)nc(Cc2ccc(Br)cc2)n1. The second-order valence-electron chi connectivity index (χ2n) is 4.90. The molecule has 1 aromatic heterocycles. The van der Waals surface area contributed by atoms with Crippen LogP contribution in [0, 0.1) is 6.92 Å². The minimum Gasteiger partial charge on any atom is -0.328 e. The van der Waals surface area contributed by atoms with E-state index in [1.165, 1.54) is 5.56 Å². The summed E-state index contributed by atoms with van der Waals surface area (Å²) in [5.74, 6) is 0.859. The van der Waals surface area contributed by atoms with Crippen molar-refractivity contribution in [3.8, 4) is 0 Å². The lowest BCUT2D eigenvalue weighted by molar-refractivity contribution is 0.711. The molecule has 0 amide bonds. The van der Waals surface area contributed by atoms with Crippen molar-refractivity contribution in [1.29, 1.82) is 0 Å². The number of benzene rings is 1. The highest BCUT2D eigenvalue weighted by atomic mass is 79.9. The maximum atomic E-state index is 5.83. The first-order valence-electron chi connectivity index (χ1n) is 6.36. The van der Waals surface area contributed by atoms with Crippen molar-refractivity contribution in [2.75, 3.05) is 0 Å². The Morgan fingerprint density at radius 3 is 2.53 bits per heavy atom. The Kier molecular flexibility index (Phi) is 4.66. The third-order valence-electron chi connectivity index (χ3n) is 2.76. The third-order valence-corrected chi connectivity index (χ3v) is 3.29. The zero-order valence-corrected chi connectivity index (χ0v) is 12.8. The van der Waals surface area contributed by atoms with Gasteiger partial charge in [0.05, 0.1) is 0 Å². The predicted molar refractivity (Wildman–Crippen MR) is 81.1 cm³/mol. The molecule has 0 aliphatic heterocycles. The van der Waals surface area contributed by atoms with E-state index in [0.717, 1.165) is 34.5 Å². The number of nitrogens with zero attached hydrogens (tertiary/aromatic N) is 2. The van der Waals surface area contributed by atoms with Crippen LogP contribution >= 0.6 is 15.9 Å². The summed E-state index contributed by atoms with van der Waals surface area (Å²) in [6.07, 6.45) is 1.54. The van der Waals surface area contributed by atoms with Crippen LogP contribution in [0.25, 0.3) is 0 Å². The van der Waals surface area contributed by atoms with Gasteiger partial charge in [-0.15, -0.1) is 0 Å². The Balaban J connectivity index is 2.19. The van der Waals surface area contributed by atoms with Crippen molar-refractivity contribution in [2.24, 2.45) is 5.73 Å². The van der Waals surface area contributed by atoms with E-state index in [9.17, 15) is 0 Å². The molecule has 0 fully saturated rings. The van der Waals surface area contributed by atoms with Crippen molar-refractivity contribution in [3.63, 3.8) is 0 Å². The van der Waals surface area contributed by atoms with Gasteiger partial charge < -0.3 is 5.73 Å². The molecular formula is C15H18BrN3. The second kappa shape index (κ2) is 6.26. The van der Waals surface area contributed by atoms with E-state index in [0.29, 0.717) is 0 Å². The van der Waals surface area contributed by atoms with Crippen LogP contribution in [0.5, 0.6) is 0 Å². The van der Waals surface area contributed by atoms with Crippen molar-refractivity contribution in [1.82, 2.24) is 9.97 Å². The summed E-state index contributed by atoms with van der Waals surface area (Å²) >= 11 is 3.44. The van der Waals surface area contributed by atoms with Crippen LogP contribution in [0.15, 0.2) is 34.8 Å². The molecule has 1 heterocycles. The molecule has 4 heteroatoms. The Morgan fingerprint density at radius 2 is 1.89 bits per heavy atom. The van der Waals surface area contributed by atoms with Crippen molar-refractivity contribution in [2.45, 2.75) is 32.7 Å². The summed E-state index contributed by atoms with van der Waals surface area (Å²) in [5.41, 5.74) is 9.06. The molecule has 0 radical (unpaired) electrons. The molecule has 19 heavy (non-hydrogen) atoms. The number of rotatable bonds is 4. The Bertz CT molecular complexity index is 550. The van der Waals surface area contributed by atoms with Crippen LogP contribution in [0.3, 0.4) is 0 Å². The average molecular weight is 320 g/mol. The van der Waals surface area contributed by atoms with Gasteiger partial charge in [-0.1, -0.05) is 28.1 Å². The van der Waals surface area contributed by atoms with Gasteiger partial charge in [0.15, 0.2) is 0 Å². The minimum absolute atomic E-state index is 0.120. The zero-order chi connectivity index (χ0) is 13.8. The number of hydrogen-bond acceptors (Lipinski definition) is 3. The molecule has 3 nitrogen and oxygen atoms in total. The summed E-state index contributed by atoms with van der Waals surface area (Å²) in [7, 11) is 0. The summed E-state index contributed by atoms with van der Waals surface area (Å²) in [4.78, 5) is 9.08. The quantitative estimate of drug-likeness (QED) is 0.942. The Morgan fingerprint density at radius 1 is 1.21 bits per heavy atom. The largest absolute Gasteiger partial charge is 0.328 e.